The van der Waals surface area contributed by atoms with E-state index < -0.39 is 53.4 Å². The molecule has 12 heteroatoms. The van der Waals surface area contributed by atoms with Gasteiger partial charge in [-0.3, -0.25) is 14.4 Å². The molecule has 0 spiro atoms. The van der Waals surface area contributed by atoms with Gasteiger partial charge in [0, 0.05) is 25.8 Å². The third-order valence-corrected chi connectivity index (χ3v) is 9.31. The summed E-state index contributed by atoms with van der Waals surface area (Å²) < 4.78 is 21.8. The van der Waals surface area contributed by atoms with Crippen LogP contribution in [0.1, 0.15) is 137 Å². The molecule has 0 aliphatic rings. The molecule has 12 nitrogen and oxygen atoms in total. The highest BCUT2D eigenvalue weighted by Gasteiger charge is 2.51. The summed E-state index contributed by atoms with van der Waals surface area (Å²) >= 11 is 0. The number of aliphatic hydroxyl groups is 1. The fourth-order valence-corrected chi connectivity index (χ4v) is 5.83. The molecule has 0 fully saturated rings. The van der Waals surface area contributed by atoms with Gasteiger partial charge in [0.05, 0.1) is 25.6 Å². The van der Waals surface area contributed by atoms with Crippen molar-refractivity contribution in [3.8, 4) is 5.75 Å². The van der Waals surface area contributed by atoms with Crippen LogP contribution in [0.3, 0.4) is 0 Å². The number of allylic oxidation sites excluding steroid dienone is 1. The van der Waals surface area contributed by atoms with E-state index >= 15 is 0 Å². The van der Waals surface area contributed by atoms with Crippen LogP contribution in [0.25, 0.3) is 0 Å². The first-order chi connectivity index (χ1) is 26.4. The van der Waals surface area contributed by atoms with E-state index in [-0.39, 0.29) is 19.1 Å². The quantitative estimate of drug-likeness (QED) is 0.0370. The van der Waals surface area contributed by atoms with E-state index in [0.717, 1.165) is 44.9 Å². The Balaban J connectivity index is 3.27. The fourth-order valence-electron chi connectivity index (χ4n) is 5.83. The average Bonchev–Trinajstić information content (AvgIpc) is 3.13. The van der Waals surface area contributed by atoms with Crippen molar-refractivity contribution in [1.82, 2.24) is 10.2 Å². The lowest BCUT2D eigenvalue weighted by atomic mass is 9.82. The number of likely N-dealkylation sites (N-methyl/N-ethyl adjacent to an activating group) is 1. The van der Waals surface area contributed by atoms with Crippen LogP contribution in [0.5, 0.6) is 5.75 Å². The molecule has 0 saturated heterocycles. The number of carbonyl (C=O) groups excluding carboxylic acids is 5. The van der Waals surface area contributed by atoms with E-state index in [9.17, 15) is 29.1 Å². The highest BCUT2D eigenvalue weighted by molar-refractivity contribution is 5.95. The van der Waals surface area contributed by atoms with E-state index in [1.54, 1.807) is 70.1 Å². The number of benzene rings is 1. The van der Waals surface area contributed by atoms with Gasteiger partial charge in [0.2, 0.25) is 5.91 Å². The molecular weight excluding hydrogens is 716 g/mol. The van der Waals surface area contributed by atoms with Crippen molar-refractivity contribution in [2.75, 3.05) is 34.4 Å². The SMILES string of the molecule is CCCCCCCC(=O)CCCCCC/C=C/[C@H](C(=O)N[C@@H](Cc1ccc(OC(C)CC)cc1)C(=O)OC)[C@@](O)(CC(=O)OCCN(C)C)C(=O)OC(C)(C)C. The number of ether oxygens (including phenoxy) is 4. The van der Waals surface area contributed by atoms with E-state index in [2.05, 4.69) is 12.2 Å². The number of amides is 1. The molecule has 318 valence electrons. The third kappa shape index (κ3) is 20.9. The second-order valence-electron chi connectivity index (χ2n) is 16.0. The Morgan fingerprint density at radius 2 is 1.50 bits per heavy atom. The number of carbonyl (C=O) groups is 5. The number of nitrogens with zero attached hydrogens (tertiary/aromatic N) is 1. The Hall–Kier alpha value is -3.77. The van der Waals surface area contributed by atoms with Gasteiger partial charge in [0.15, 0.2) is 5.60 Å². The van der Waals surface area contributed by atoms with Crippen LogP contribution in [0.2, 0.25) is 0 Å². The van der Waals surface area contributed by atoms with Crippen molar-refractivity contribution >= 4 is 29.6 Å². The van der Waals surface area contributed by atoms with Gasteiger partial charge >= 0.3 is 17.9 Å². The van der Waals surface area contributed by atoms with E-state index in [1.165, 1.54) is 32.4 Å². The third-order valence-electron chi connectivity index (χ3n) is 9.31. The Labute approximate surface area is 336 Å². The summed E-state index contributed by atoms with van der Waals surface area (Å²) in [5.74, 6) is -4.38. The van der Waals surface area contributed by atoms with Crippen LogP contribution in [0, 0.1) is 5.92 Å². The van der Waals surface area contributed by atoms with Crippen molar-refractivity contribution in [1.29, 1.82) is 0 Å². The molecule has 4 atom stereocenters. The predicted molar refractivity (Wildman–Crippen MR) is 218 cm³/mol. The molecule has 0 radical (unpaired) electrons. The summed E-state index contributed by atoms with van der Waals surface area (Å²) in [6.07, 6.45) is 13.6. The molecule has 0 bridgehead atoms. The summed E-state index contributed by atoms with van der Waals surface area (Å²) in [7, 11) is 4.81. The van der Waals surface area contributed by atoms with Crippen molar-refractivity contribution in [3.05, 3.63) is 42.0 Å². The lowest BCUT2D eigenvalue weighted by molar-refractivity contribution is -0.188. The first kappa shape index (κ1) is 50.2. The lowest BCUT2D eigenvalue weighted by Crippen LogP contribution is -2.57. The zero-order chi connectivity index (χ0) is 42.1. The number of nitrogens with one attached hydrogen (secondary N) is 1. The monoisotopic (exact) mass is 789 g/mol. The van der Waals surface area contributed by atoms with Crippen molar-refractivity contribution < 1.29 is 48.0 Å². The number of hydrogen-bond donors (Lipinski definition) is 2. The lowest BCUT2D eigenvalue weighted by Gasteiger charge is -2.34. The standard InChI is InChI=1S/C44H72N2O10/c1-10-12-13-16-19-22-35(47)23-20-17-14-15-18-21-24-37(44(52,42(51)56-43(4,5)6)32-39(48)54-30-29-46(7)8)40(49)45-38(41(50)53-9)31-34-25-27-36(28-26-34)55-33(3)11-2/h21,24-28,33,37-38,52H,10-20,22-23,29-32H2,1-9H3,(H,45,49)/b24-21+/t33?,37-,38+,44+/m1/s1. The molecule has 2 N–H and O–H groups in total. The van der Waals surface area contributed by atoms with Gasteiger partial charge in [0.25, 0.3) is 0 Å². The summed E-state index contributed by atoms with van der Waals surface area (Å²) in [6.45, 7) is 11.4. The second-order valence-corrected chi connectivity index (χ2v) is 16.0. The number of esters is 3. The van der Waals surface area contributed by atoms with Crippen LogP contribution in [0.4, 0.5) is 0 Å². The number of unbranched alkanes of at least 4 members (excludes halogenated alkanes) is 8. The molecule has 1 aromatic rings. The zero-order valence-corrected chi connectivity index (χ0v) is 35.8. The number of rotatable bonds is 29. The van der Waals surface area contributed by atoms with Gasteiger partial charge < -0.3 is 34.3 Å². The van der Waals surface area contributed by atoms with Crippen LogP contribution >= 0.6 is 0 Å². The average molecular weight is 789 g/mol. The molecule has 56 heavy (non-hydrogen) atoms. The number of methoxy groups -OCH3 is 1. The van der Waals surface area contributed by atoms with E-state index in [1.807, 2.05) is 13.8 Å². The minimum atomic E-state index is -2.68. The smallest absolute Gasteiger partial charge is 0.340 e. The summed E-state index contributed by atoms with van der Waals surface area (Å²) in [5.41, 5.74) is -3.06. The maximum absolute atomic E-state index is 14.2. The Kier molecular flexibility index (Phi) is 24.2. The highest BCUT2D eigenvalue weighted by atomic mass is 16.6. The van der Waals surface area contributed by atoms with Crippen molar-refractivity contribution in [3.63, 3.8) is 0 Å². The van der Waals surface area contributed by atoms with Crippen molar-refractivity contribution in [2.24, 2.45) is 5.92 Å². The van der Waals surface area contributed by atoms with E-state index in [4.69, 9.17) is 18.9 Å². The van der Waals surface area contributed by atoms with Crippen LogP contribution < -0.4 is 10.1 Å². The molecule has 1 unspecified atom stereocenters. The Morgan fingerprint density at radius 3 is 2.05 bits per heavy atom. The zero-order valence-electron chi connectivity index (χ0n) is 35.8. The molecule has 0 heterocycles. The number of hydrogen-bond acceptors (Lipinski definition) is 11. The second kappa shape index (κ2) is 27.0. The maximum atomic E-state index is 14.2. The molecule has 1 aromatic carbocycles. The molecular formula is C44H72N2O10. The first-order valence-corrected chi connectivity index (χ1v) is 20.5. The summed E-state index contributed by atoms with van der Waals surface area (Å²) in [6, 6.07) is 5.92. The summed E-state index contributed by atoms with van der Waals surface area (Å²) in [5, 5.41) is 14.8. The summed E-state index contributed by atoms with van der Waals surface area (Å²) in [4.78, 5) is 68.2. The van der Waals surface area contributed by atoms with Crippen molar-refractivity contribution in [2.45, 2.75) is 161 Å². The van der Waals surface area contributed by atoms with Gasteiger partial charge in [0.1, 0.15) is 29.8 Å². The molecule has 0 aliphatic carbocycles. The normalized spacial score (nSPS) is 14.4. The molecule has 0 aliphatic heterocycles. The van der Waals surface area contributed by atoms with Gasteiger partial charge in [-0.05, 0) is 91.6 Å². The minimum absolute atomic E-state index is 0.000901. The molecule has 1 amide bonds. The largest absolute Gasteiger partial charge is 0.491 e. The maximum Gasteiger partial charge on any atom is 0.340 e. The van der Waals surface area contributed by atoms with Gasteiger partial charge in [-0.25, -0.2) is 9.59 Å². The van der Waals surface area contributed by atoms with Crippen LogP contribution in [-0.2, 0) is 44.6 Å². The molecule has 0 aromatic heterocycles. The van der Waals surface area contributed by atoms with Crippen LogP contribution in [-0.4, -0.2) is 97.3 Å². The predicted octanol–water partition coefficient (Wildman–Crippen LogP) is 7.07. The van der Waals surface area contributed by atoms with Gasteiger partial charge in [-0.15, -0.1) is 0 Å². The van der Waals surface area contributed by atoms with Crippen LogP contribution in [0.15, 0.2) is 36.4 Å². The van der Waals surface area contributed by atoms with Gasteiger partial charge in [-0.2, -0.15) is 0 Å². The highest BCUT2D eigenvalue weighted by Crippen LogP contribution is 2.29. The van der Waals surface area contributed by atoms with E-state index in [0.29, 0.717) is 42.9 Å². The fraction of sp³-hybridized carbons (Fsp3) is 0.705. The molecule has 1 rings (SSSR count). The topological polar surface area (TPSA) is 158 Å². The number of Topliss-reactive ketones (excluding diaryl/α,β-unsaturated/α-hetero) is 1. The first-order valence-electron chi connectivity index (χ1n) is 20.5. The minimum Gasteiger partial charge on any atom is -0.491 e. The number of ketones is 1. The van der Waals surface area contributed by atoms with Gasteiger partial charge in [-0.1, -0.05) is 76.7 Å². The Bertz CT molecular complexity index is 1350. The molecule has 0 saturated carbocycles. The Morgan fingerprint density at radius 1 is 0.893 bits per heavy atom.